The molecule has 2 N–H and O–H groups in total. The molecule has 0 radical (unpaired) electrons. The summed E-state index contributed by atoms with van der Waals surface area (Å²) in [6.07, 6.45) is 1.52. The molecule has 0 bridgehead atoms. The minimum absolute atomic E-state index is 0.190. The number of hydrogen-bond donors (Lipinski definition) is 2. The second kappa shape index (κ2) is 5.59. The summed E-state index contributed by atoms with van der Waals surface area (Å²) >= 11 is 0. The fourth-order valence-electron chi connectivity index (χ4n) is 3.88. The molecular weight excluding hydrogens is 310 g/mol. The summed E-state index contributed by atoms with van der Waals surface area (Å²) in [6.45, 7) is 2.01. The van der Waals surface area contributed by atoms with Gasteiger partial charge >= 0.3 is 0 Å². The number of carbonyl (C=O) groups is 3. The molecule has 1 atom stereocenters. The van der Waals surface area contributed by atoms with Gasteiger partial charge in [0.05, 0.1) is 12.7 Å². The van der Waals surface area contributed by atoms with Gasteiger partial charge in [-0.05, 0) is 42.1 Å². The number of methoxy groups -OCH3 is 1. The maximum absolute atomic E-state index is 12.9. The van der Waals surface area contributed by atoms with Crippen molar-refractivity contribution < 1.29 is 19.1 Å². The molecule has 1 aromatic carbocycles. The largest absolute Gasteiger partial charge is 0.496 e. The fraction of sp³-hybridized carbons (Fsp3) is 0.471. The first-order valence-electron chi connectivity index (χ1n) is 8.17. The highest BCUT2D eigenvalue weighted by Gasteiger charge is 2.42. The van der Waals surface area contributed by atoms with Crippen LogP contribution in [0.25, 0.3) is 0 Å². The van der Waals surface area contributed by atoms with Crippen molar-refractivity contribution in [2.75, 3.05) is 13.7 Å². The Hall–Kier alpha value is -2.41. The topological polar surface area (TPSA) is 87.7 Å². The molecule has 0 aliphatic carbocycles. The Kier molecular flexibility index (Phi) is 3.53. The van der Waals surface area contributed by atoms with E-state index in [2.05, 4.69) is 10.6 Å². The van der Waals surface area contributed by atoms with Crippen LogP contribution < -0.4 is 15.4 Å². The lowest BCUT2D eigenvalue weighted by Gasteiger charge is -2.29. The number of imide groups is 1. The minimum atomic E-state index is -0.598. The van der Waals surface area contributed by atoms with E-state index in [0.717, 1.165) is 30.6 Å². The van der Waals surface area contributed by atoms with Gasteiger partial charge in [0.25, 0.3) is 5.91 Å². The van der Waals surface area contributed by atoms with Crippen LogP contribution in [0.1, 0.15) is 39.9 Å². The average Bonchev–Trinajstić information content (AvgIpc) is 2.92. The zero-order chi connectivity index (χ0) is 16.8. The van der Waals surface area contributed by atoms with Gasteiger partial charge < -0.3 is 15.0 Å². The molecule has 7 nitrogen and oxygen atoms in total. The Morgan fingerprint density at radius 3 is 2.79 bits per heavy atom. The Balaban J connectivity index is 1.74. The van der Waals surface area contributed by atoms with Gasteiger partial charge in [-0.2, -0.15) is 0 Å². The molecule has 3 amide bonds. The van der Waals surface area contributed by atoms with Crippen molar-refractivity contribution in [1.82, 2.24) is 15.5 Å². The van der Waals surface area contributed by atoms with E-state index < -0.39 is 11.9 Å². The van der Waals surface area contributed by atoms with Gasteiger partial charge in [0.1, 0.15) is 11.8 Å². The van der Waals surface area contributed by atoms with Crippen LogP contribution in [0.2, 0.25) is 0 Å². The summed E-state index contributed by atoms with van der Waals surface area (Å²) in [4.78, 5) is 38.0. The first-order chi connectivity index (χ1) is 11.6. The number of piperidine rings is 1. The molecule has 3 aliphatic heterocycles. The Bertz CT molecular complexity index is 759. The summed E-state index contributed by atoms with van der Waals surface area (Å²) in [6, 6.07) is 1.35. The fourth-order valence-corrected chi connectivity index (χ4v) is 3.88. The van der Waals surface area contributed by atoms with Crippen molar-refractivity contribution in [2.45, 2.75) is 38.4 Å². The molecule has 0 saturated carbocycles. The maximum Gasteiger partial charge on any atom is 0.258 e. The van der Waals surface area contributed by atoms with E-state index in [1.54, 1.807) is 12.0 Å². The maximum atomic E-state index is 12.9. The number of rotatable bonds is 2. The van der Waals surface area contributed by atoms with Crippen LogP contribution in [0, 0.1) is 0 Å². The highest BCUT2D eigenvalue weighted by atomic mass is 16.5. The van der Waals surface area contributed by atoms with Gasteiger partial charge in [-0.25, -0.2) is 0 Å². The summed E-state index contributed by atoms with van der Waals surface area (Å²) in [5, 5.41) is 5.67. The summed E-state index contributed by atoms with van der Waals surface area (Å²) in [5.74, 6) is -0.284. The standard InChI is InChI=1S/C17H19N3O4/c1-24-13-6-9-4-5-18-7-10(9)11-8-20(17(23)15(11)13)12-2-3-14(21)19-16(12)22/h6,12,18H,2-5,7-8H2,1H3,(H,19,21,22). The van der Waals surface area contributed by atoms with Crippen molar-refractivity contribution in [2.24, 2.45) is 0 Å². The smallest absolute Gasteiger partial charge is 0.258 e. The van der Waals surface area contributed by atoms with Gasteiger partial charge in [0.15, 0.2) is 0 Å². The van der Waals surface area contributed by atoms with Crippen LogP contribution in [-0.2, 0) is 29.1 Å². The minimum Gasteiger partial charge on any atom is -0.496 e. The Morgan fingerprint density at radius 1 is 1.21 bits per heavy atom. The molecule has 0 aromatic heterocycles. The van der Waals surface area contributed by atoms with E-state index in [-0.39, 0.29) is 18.2 Å². The Morgan fingerprint density at radius 2 is 2.04 bits per heavy atom. The molecule has 1 unspecified atom stereocenters. The number of ether oxygens (including phenoxy) is 1. The first-order valence-corrected chi connectivity index (χ1v) is 8.17. The van der Waals surface area contributed by atoms with Gasteiger partial charge in [0, 0.05) is 19.5 Å². The van der Waals surface area contributed by atoms with Crippen molar-refractivity contribution in [1.29, 1.82) is 0 Å². The molecule has 24 heavy (non-hydrogen) atoms. The van der Waals surface area contributed by atoms with E-state index in [1.807, 2.05) is 6.07 Å². The van der Waals surface area contributed by atoms with Crippen molar-refractivity contribution in [3.8, 4) is 5.75 Å². The number of fused-ring (bicyclic) bond motifs is 3. The monoisotopic (exact) mass is 329 g/mol. The molecule has 1 aromatic rings. The number of amides is 3. The van der Waals surface area contributed by atoms with Crippen LogP contribution in [0.4, 0.5) is 0 Å². The van der Waals surface area contributed by atoms with Gasteiger partial charge in [-0.3, -0.25) is 19.7 Å². The molecule has 1 fully saturated rings. The molecule has 7 heteroatoms. The SMILES string of the molecule is COc1cc2c(c3c1C(=O)N(C1CCC(=O)NC1=O)C3)CNCC2. The molecule has 126 valence electrons. The van der Waals surface area contributed by atoms with E-state index >= 15 is 0 Å². The zero-order valence-corrected chi connectivity index (χ0v) is 13.5. The van der Waals surface area contributed by atoms with Gasteiger partial charge in [-0.15, -0.1) is 0 Å². The molecule has 1 saturated heterocycles. The van der Waals surface area contributed by atoms with Crippen molar-refractivity contribution in [3.63, 3.8) is 0 Å². The Labute approximate surface area is 139 Å². The summed E-state index contributed by atoms with van der Waals surface area (Å²) in [5.41, 5.74) is 3.85. The molecule has 0 spiro atoms. The molecule has 3 heterocycles. The third kappa shape index (κ3) is 2.19. The molecular formula is C17H19N3O4. The second-order valence-electron chi connectivity index (χ2n) is 6.40. The van der Waals surface area contributed by atoms with E-state index in [0.29, 0.717) is 24.3 Å². The zero-order valence-electron chi connectivity index (χ0n) is 13.5. The third-order valence-corrected chi connectivity index (χ3v) is 5.09. The van der Waals surface area contributed by atoms with Crippen LogP contribution in [0.5, 0.6) is 5.75 Å². The van der Waals surface area contributed by atoms with Crippen LogP contribution in [0.3, 0.4) is 0 Å². The number of hydrogen-bond acceptors (Lipinski definition) is 5. The lowest BCUT2D eigenvalue weighted by Crippen LogP contribution is -2.52. The second-order valence-corrected chi connectivity index (χ2v) is 6.40. The first kappa shape index (κ1) is 15.1. The van der Waals surface area contributed by atoms with Gasteiger partial charge in [0.2, 0.25) is 11.8 Å². The third-order valence-electron chi connectivity index (χ3n) is 5.09. The lowest BCUT2D eigenvalue weighted by atomic mass is 9.92. The number of carbonyl (C=O) groups excluding carboxylic acids is 3. The predicted molar refractivity (Wildman–Crippen MR) is 84.4 cm³/mol. The van der Waals surface area contributed by atoms with E-state index in [1.165, 1.54) is 5.56 Å². The number of nitrogens with one attached hydrogen (secondary N) is 2. The molecule has 4 rings (SSSR count). The summed E-state index contributed by atoms with van der Waals surface area (Å²) in [7, 11) is 1.56. The van der Waals surface area contributed by atoms with Gasteiger partial charge in [-0.1, -0.05) is 0 Å². The lowest BCUT2D eigenvalue weighted by molar-refractivity contribution is -0.136. The quantitative estimate of drug-likeness (QED) is 0.752. The number of benzene rings is 1. The average molecular weight is 329 g/mol. The molecule has 3 aliphatic rings. The van der Waals surface area contributed by atoms with Crippen LogP contribution in [0.15, 0.2) is 6.07 Å². The predicted octanol–water partition coefficient (Wildman–Crippen LogP) is 0.102. The van der Waals surface area contributed by atoms with Crippen molar-refractivity contribution >= 4 is 17.7 Å². The highest BCUT2D eigenvalue weighted by molar-refractivity contribution is 6.06. The van der Waals surface area contributed by atoms with Crippen LogP contribution >= 0.6 is 0 Å². The highest BCUT2D eigenvalue weighted by Crippen LogP contribution is 2.38. The van der Waals surface area contributed by atoms with Crippen molar-refractivity contribution in [3.05, 3.63) is 28.3 Å². The number of nitrogens with zero attached hydrogens (tertiary/aromatic N) is 1. The van der Waals surface area contributed by atoms with E-state index in [4.69, 9.17) is 4.74 Å². The van der Waals surface area contributed by atoms with Crippen LogP contribution in [-0.4, -0.2) is 42.3 Å². The van der Waals surface area contributed by atoms with E-state index in [9.17, 15) is 14.4 Å². The summed E-state index contributed by atoms with van der Waals surface area (Å²) < 4.78 is 5.45. The normalized spacial score (nSPS) is 23.0.